The van der Waals surface area contributed by atoms with Gasteiger partial charge in [0.2, 0.25) is 0 Å². The molecule has 0 aliphatic heterocycles. The third-order valence-electron chi connectivity index (χ3n) is 3.73. The summed E-state index contributed by atoms with van der Waals surface area (Å²) >= 11 is 0. The summed E-state index contributed by atoms with van der Waals surface area (Å²) in [5.41, 5.74) is 3.15. The Hall–Kier alpha value is -1.87. The number of benzene rings is 2. The van der Waals surface area contributed by atoms with Gasteiger partial charge < -0.3 is 10.1 Å². The van der Waals surface area contributed by atoms with Crippen LogP contribution in [0.4, 0.5) is 4.39 Å². The fourth-order valence-corrected chi connectivity index (χ4v) is 2.22. The highest BCUT2D eigenvalue weighted by atomic mass is 19.1. The van der Waals surface area contributed by atoms with E-state index in [2.05, 4.69) is 11.4 Å². The number of nitrogens with one attached hydrogen (secondary N) is 1. The van der Waals surface area contributed by atoms with Crippen molar-refractivity contribution < 1.29 is 9.13 Å². The monoisotopic (exact) mass is 285 g/mol. The van der Waals surface area contributed by atoms with E-state index in [4.69, 9.17) is 4.74 Å². The lowest BCUT2D eigenvalue weighted by Crippen LogP contribution is -2.15. The van der Waals surface area contributed by atoms with Crippen molar-refractivity contribution >= 4 is 0 Å². The molecule has 0 heterocycles. The quantitative estimate of drug-likeness (QED) is 0.874. The van der Waals surface area contributed by atoms with E-state index in [1.54, 1.807) is 12.1 Å². The van der Waals surface area contributed by atoms with Gasteiger partial charge in [-0.3, -0.25) is 0 Å². The molecule has 0 spiro atoms. The van der Waals surface area contributed by atoms with Crippen molar-refractivity contribution in [3.05, 3.63) is 58.9 Å². The molecule has 0 radical (unpaired) electrons. The molecule has 3 heteroatoms. The van der Waals surface area contributed by atoms with Gasteiger partial charge in [0.1, 0.15) is 5.75 Å². The first-order valence-electron chi connectivity index (χ1n) is 7.39. The van der Waals surface area contributed by atoms with Crippen LogP contribution in [0.1, 0.15) is 29.5 Å². The van der Waals surface area contributed by atoms with Crippen molar-refractivity contribution in [1.82, 2.24) is 5.32 Å². The second kappa shape index (κ2) is 5.86. The minimum atomic E-state index is -0.332. The Morgan fingerprint density at radius 1 is 1.10 bits per heavy atom. The van der Waals surface area contributed by atoms with Crippen molar-refractivity contribution in [2.24, 2.45) is 0 Å². The molecule has 0 aromatic heterocycles. The zero-order valence-corrected chi connectivity index (χ0v) is 12.4. The second-order valence-electron chi connectivity index (χ2n) is 5.79. The van der Waals surface area contributed by atoms with Crippen LogP contribution in [0.5, 0.6) is 11.5 Å². The van der Waals surface area contributed by atoms with Crippen LogP contribution >= 0.6 is 0 Å². The molecule has 0 bridgehead atoms. The number of halogens is 1. The normalized spacial score (nSPS) is 14.2. The third kappa shape index (κ3) is 3.61. The molecule has 2 nitrogen and oxygen atoms in total. The Morgan fingerprint density at radius 3 is 2.67 bits per heavy atom. The molecule has 1 aliphatic carbocycles. The summed E-state index contributed by atoms with van der Waals surface area (Å²) in [5.74, 6) is 0.668. The van der Waals surface area contributed by atoms with Crippen molar-refractivity contribution in [1.29, 1.82) is 0 Å². The van der Waals surface area contributed by atoms with Gasteiger partial charge in [-0.15, -0.1) is 0 Å². The first-order chi connectivity index (χ1) is 10.1. The predicted octanol–water partition coefficient (Wildman–Crippen LogP) is 4.49. The Bertz CT molecular complexity index is 650. The summed E-state index contributed by atoms with van der Waals surface area (Å²) in [5, 5.41) is 3.47. The van der Waals surface area contributed by atoms with E-state index in [1.165, 1.54) is 18.9 Å². The summed E-state index contributed by atoms with van der Waals surface area (Å²) in [4.78, 5) is 0. The van der Waals surface area contributed by atoms with Gasteiger partial charge in [0.15, 0.2) is 11.6 Å². The lowest BCUT2D eigenvalue weighted by atomic mass is 10.1. The minimum Gasteiger partial charge on any atom is -0.454 e. The molecule has 110 valence electrons. The van der Waals surface area contributed by atoms with Gasteiger partial charge in [0.05, 0.1) is 0 Å². The SMILES string of the molecule is Cc1ccc(F)c(Oc2cc(CNC3CC3)ccc2C)c1. The lowest BCUT2D eigenvalue weighted by Gasteiger charge is -2.12. The van der Waals surface area contributed by atoms with Gasteiger partial charge in [-0.25, -0.2) is 4.39 Å². The lowest BCUT2D eigenvalue weighted by molar-refractivity contribution is 0.438. The first kappa shape index (κ1) is 14.1. The van der Waals surface area contributed by atoms with E-state index in [9.17, 15) is 4.39 Å². The van der Waals surface area contributed by atoms with Crippen molar-refractivity contribution in [2.75, 3.05) is 0 Å². The Labute approximate surface area is 125 Å². The van der Waals surface area contributed by atoms with Crippen LogP contribution in [0.25, 0.3) is 0 Å². The van der Waals surface area contributed by atoms with Gasteiger partial charge in [0, 0.05) is 12.6 Å². The number of hydrogen-bond acceptors (Lipinski definition) is 2. The minimum absolute atomic E-state index is 0.283. The molecule has 0 unspecified atom stereocenters. The molecule has 0 atom stereocenters. The largest absolute Gasteiger partial charge is 0.454 e. The molecular weight excluding hydrogens is 265 g/mol. The zero-order chi connectivity index (χ0) is 14.8. The van der Waals surface area contributed by atoms with E-state index >= 15 is 0 Å². The maximum atomic E-state index is 13.8. The van der Waals surface area contributed by atoms with E-state index in [1.807, 2.05) is 26.0 Å². The highest BCUT2D eigenvalue weighted by molar-refractivity contribution is 5.41. The van der Waals surface area contributed by atoms with Crippen LogP contribution in [-0.2, 0) is 6.54 Å². The highest BCUT2D eigenvalue weighted by Crippen LogP contribution is 2.29. The fraction of sp³-hybridized carbons (Fsp3) is 0.333. The molecule has 1 N–H and O–H groups in total. The van der Waals surface area contributed by atoms with E-state index in [-0.39, 0.29) is 11.6 Å². The molecule has 1 fully saturated rings. The number of hydrogen-bond donors (Lipinski definition) is 1. The molecule has 0 saturated heterocycles. The van der Waals surface area contributed by atoms with Gasteiger partial charge in [-0.2, -0.15) is 0 Å². The summed E-state index contributed by atoms with van der Waals surface area (Å²) in [6, 6.07) is 11.7. The average molecular weight is 285 g/mol. The number of aryl methyl sites for hydroxylation is 2. The number of ether oxygens (including phenoxy) is 1. The summed E-state index contributed by atoms with van der Waals surface area (Å²) in [6.45, 7) is 4.73. The molecule has 1 aliphatic rings. The smallest absolute Gasteiger partial charge is 0.165 e. The Kier molecular flexibility index (Phi) is 3.93. The fourth-order valence-electron chi connectivity index (χ4n) is 2.22. The topological polar surface area (TPSA) is 21.3 Å². The molecular formula is C18H20FNO. The van der Waals surface area contributed by atoms with Crippen LogP contribution in [0.2, 0.25) is 0 Å². The highest BCUT2D eigenvalue weighted by Gasteiger charge is 2.20. The average Bonchev–Trinajstić information content (AvgIpc) is 3.28. The van der Waals surface area contributed by atoms with E-state index in [0.717, 1.165) is 29.0 Å². The second-order valence-corrected chi connectivity index (χ2v) is 5.79. The van der Waals surface area contributed by atoms with E-state index < -0.39 is 0 Å². The Balaban J connectivity index is 1.79. The molecule has 2 aromatic rings. The predicted molar refractivity (Wildman–Crippen MR) is 82.3 cm³/mol. The first-order valence-corrected chi connectivity index (χ1v) is 7.39. The van der Waals surface area contributed by atoms with Crippen LogP contribution in [0.15, 0.2) is 36.4 Å². The van der Waals surface area contributed by atoms with Gasteiger partial charge >= 0.3 is 0 Å². The van der Waals surface area contributed by atoms with Crippen LogP contribution < -0.4 is 10.1 Å². The van der Waals surface area contributed by atoms with Crippen molar-refractivity contribution in [2.45, 2.75) is 39.3 Å². The molecule has 0 amide bonds. The van der Waals surface area contributed by atoms with Gasteiger partial charge in [0.25, 0.3) is 0 Å². The Morgan fingerprint density at radius 2 is 1.90 bits per heavy atom. The van der Waals surface area contributed by atoms with Crippen LogP contribution in [-0.4, -0.2) is 6.04 Å². The third-order valence-corrected chi connectivity index (χ3v) is 3.73. The maximum absolute atomic E-state index is 13.8. The molecule has 1 saturated carbocycles. The standard InChI is InChI=1S/C18H20FNO/c1-12-3-8-16(19)18(9-12)21-17-10-14(5-4-13(17)2)11-20-15-6-7-15/h3-5,8-10,15,20H,6-7,11H2,1-2H3. The molecule has 2 aromatic carbocycles. The van der Waals surface area contributed by atoms with Crippen molar-refractivity contribution in [3.63, 3.8) is 0 Å². The van der Waals surface area contributed by atoms with Crippen molar-refractivity contribution in [3.8, 4) is 11.5 Å². The molecule has 21 heavy (non-hydrogen) atoms. The van der Waals surface area contributed by atoms with Gasteiger partial charge in [-0.05, 0) is 61.6 Å². The number of rotatable bonds is 5. The van der Waals surface area contributed by atoms with Crippen LogP contribution in [0, 0.1) is 19.7 Å². The molecule has 3 rings (SSSR count). The summed E-state index contributed by atoms with van der Waals surface area (Å²) in [7, 11) is 0. The summed E-state index contributed by atoms with van der Waals surface area (Å²) < 4.78 is 19.6. The van der Waals surface area contributed by atoms with Crippen LogP contribution in [0.3, 0.4) is 0 Å². The van der Waals surface area contributed by atoms with Gasteiger partial charge in [-0.1, -0.05) is 18.2 Å². The maximum Gasteiger partial charge on any atom is 0.165 e. The zero-order valence-electron chi connectivity index (χ0n) is 12.4. The summed E-state index contributed by atoms with van der Waals surface area (Å²) in [6.07, 6.45) is 2.54. The van der Waals surface area contributed by atoms with E-state index in [0.29, 0.717) is 6.04 Å².